The summed E-state index contributed by atoms with van der Waals surface area (Å²) in [5, 5.41) is 6.06. The van der Waals surface area contributed by atoms with E-state index in [1.165, 1.54) is 12.1 Å². The Morgan fingerprint density at radius 3 is 2.02 bits per heavy atom. The maximum Gasteiger partial charge on any atom is 0.410 e. The Morgan fingerprint density at radius 1 is 0.827 bits per heavy atom. The van der Waals surface area contributed by atoms with Crippen molar-refractivity contribution >= 4 is 34.8 Å². The maximum atomic E-state index is 14.0. The Morgan fingerprint density at radius 2 is 1.42 bits per heavy atom. The SMILES string of the molecule is CC(C)(C)OC(=O)N1CC(Cn2cc3cc(OCC(ON4C(=O)c5ccccc5C4=O)C(=O)OC(c4ccccc4)c4ccccc4)ccc3n2)C1. The lowest BCUT2D eigenvalue weighted by atomic mass is 10.0. The highest BCUT2D eigenvalue weighted by Gasteiger charge is 2.41. The van der Waals surface area contributed by atoms with Crippen molar-refractivity contribution in [2.45, 2.75) is 45.1 Å². The molecule has 1 aromatic heterocycles. The van der Waals surface area contributed by atoms with Gasteiger partial charge in [-0.1, -0.05) is 72.8 Å². The first kappa shape index (κ1) is 34.4. The number of nitrogens with zero attached hydrogens (tertiary/aromatic N) is 4. The topological polar surface area (TPSA) is 130 Å². The first-order valence-corrected chi connectivity index (χ1v) is 17.1. The normalized spacial score (nSPS) is 15.1. The van der Waals surface area contributed by atoms with Gasteiger partial charge in [-0.25, -0.2) is 14.4 Å². The van der Waals surface area contributed by atoms with Crippen LogP contribution in [-0.2, 0) is 25.7 Å². The minimum absolute atomic E-state index is 0.175. The quantitative estimate of drug-likeness (QED) is 0.117. The van der Waals surface area contributed by atoms with E-state index in [9.17, 15) is 19.2 Å². The maximum absolute atomic E-state index is 14.0. The third kappa shape index (κ3) is 7.52. The summed E-state index contributed by atoms with van der Waals surface area (Å²) in [7, 11) is 0. The molecule has 0 aliphatic carbocycles. The molecule has 0 radical (unpaired) electrons. The van der Waals surface area contributed by atoms with Crippen molar-refractivity contribution in [1.82, 2.24) is 19.7 Å². The van der Waals surface area contributed by atoms with Crippen molar-refractivity contribution in [3.05, 3.63) is 132 Å². The molecule has 3 amide bonds. The van der Waals surface area contributed by atoms with Gasteiger partial charge >= 0.3 is 12.1 Å². The van der Waals surface area contributed by atoms with Gasteiger partial charge in [0.2, 0.25) is 6.10 Å². The van der Waals surface area contributed by atoms with E-state index in [-0.39, 0.29) is 29.7 Å². The molecule has 12 nitrogen and oxygen atoms in total. The largest absolute Gasteiger partial charge is 0.490 e. The molecule has 1 unspecified atom stereocenters. The van der Waals surface area contributed by atoms with Crippen LogP contribution in [-0.4, -0.2) is 75.0 Å². The standard InChI is InChI=1S/C40H38N4O8/c1-40(2,3)51-39(48)42-21-26(22-42)23-43-24-29-20-30(18-19-33(29)41-43)49-25-34(52-44-36(45)31-16-10-11-17-32(31)37(44)46)38(47)50-35(27-12-6-4-7-13-27)28-14-8-5-9-15-28/h4-20,24,26,34-35H,21-23,25H2,1-3H3. The van der Waals surface area contributed by atoms with Crippen LogP contribution in [0.4, 0.5) is 4.79 Å². The van der Waals surface area contributed by atoms with Gasteiger partial charge < -0.3 is 19.1 Å². The molecule has 0 N–H and O–H groups in total. The van der Waals surface area contributed by atoms with Gasteiger partial charge in [0.15, 0.2) is 6.10 Å². The van der Waals surface area contributed by atoms with E-state index in [2.05, 4.69) is 5.10 Å². The number of fused-ring (bicyclic) bond motifs is 2. The zero-order valence-electron chi connectivity index (χ0n) is 29.0. The Labute approximate surface area is 300 Å². The molecular weight excluding hydrogens is 664 g/mol. The number of likely N-dealkylation sites (tertiary alicyclic amines) is 1. The number of benzene rings is 4. The summed E-state index contributed by atoms with van der Waals surface area (Å²) in [6.45, 7) is 6.95. The van der Waals surface area contributed by atoms with Crippen LogP contribution in [0.2, 0.25) is 0 Å². The summed E-state index contributed by atoms with van der Waals surface area (Å²) < 4.78 is 19.4. The number of ether oxygens (including phenoxy) is 3. The molecule has 4 aromatic carbocycles. The van der Waals surface area contributed by atoms with Crippen LogP contribution < -0.4 is 4.74 Å². The van der Waals surface area contributed by atoms with Crippen LogP contribution in [0.3, 0.4) is 0 Å². The predicted molar refractivity (Wildman–Crippen MR) is 189 cm³/mol. The summed E-state index contributed by atoms with van der Waals surface area (Å²) in [4.78, 5) is 60.3. The number of hydrogen-bond acceptors (Lipinski definition) is 9. The second kappa shape index (κ2) is 14.3. The van der Waals surface area contributed by atoms with Gasteiger partial charge in [-0.2, -0.15) is 5.10 Å². The highest BCUT2D eigenvalue weighted by Crippen LogP contribution is 2.29. The smallest absolute Gasteiger partial charge is 0.410 e. The molecule has 52 heavy (non-hydrogen) atoms. The lowest BCUT2D eigenvalue weighted by Gasteiger charge is -2.39. The highest BCUT2D eigenvalue weighted by atomic mass is 16.7. The number of carbonyl (C=O) groups excluding carboxylic acids is 4. The minimum atomic E-state index is -1.50. The Hall–Kier alpha value is -6.01. The number of hydroxylamine groups is 2. The lowest BCUT2D eigenvalue weighted by molar-refractivity contribution is -0.187. The van der Waals surface area contributed by atoms with Crippen molar-refractivity contribution in [2.75, 3.05) is 19.7 Å². The van der Waals surface area contributed by atoms with Gasteiger partial charge in [0.25, 0.3) is 11.8 Å². The summed E-state index contributed by atoms with van der Waals surface area (Å²) >= 11 is 0. The van der Waals surface area contributed by atoms with Gasteiger partial charge in [-0.15, -0.1) is 5.06 Å². The van der Waals surface area contributed by atoms with Gasteiger partial charge in [0.1, 0.15) is 18.0 Å². The number of aromatic nitrogens is 2. The second-order valence-electron chi connectivity index (χ2n) is 13.8. The molecule has 2 aliphatic heterocycles. The van der Waals surface area contributed by atoms with E-state index in [1.807, 2.05) is 92.3 Å². The molecule has 2 aliphatic rings. The lowest BCUT2D eigenvalue weighted by Crippen LogP contribution is -2.52. The Bertz CT molecular complexity index is 2030. The average molecular weight is 703 g/mol. The van der Waals surface area contributed by atoms with E-state index < -0.39 is 35.6 Å². The van der Waals surface area contributed by atoms with Crippen molar-refractivity contribution in [3.8, 4) is 5.75 Å². The molecule has 12 heteroatoms. The molecule has 266 valence electrons. The zero-order valence-corrected chi connectivity index (χ0v) is 29.0. The fraction of sp³-hybridized carbons (Fsp3) is 0.275. The number of esters is 1. The first-order chi connectivity index (χ1) is 25.0. The number of amides is 3. The zero-order chi connectivity index (χ0) is 36.4. The molecule has 3 heterocycles. The van der Waals surface area contributed by atoms with Gasteiger partial charge in [-0.3, -0.25) is 14.3 Å². The van der Waals surface area contributed by atoms with Crippen LogP contribution in [0.5, 0.6) is 5.75 Å². The molecule has 0 saturated carbocycles. The molecule has 1 atom stereocenters. The van der Waals surface area contributed by atoms with E-state index in [4.69, 9.17) is 19.0 Å². The Kier molecular flexibility index (Phi) is 9.48. The highest BCUT2D eigenvalue weighted by molar-refractivity contribution is 6.20. The van der Waals surface area contributed by atoms with Crippen LogP contribution in [0.25, 0.3) is 10.9 Å². The van der Waals surface area contributed by atoms with Crippen LogP contribution in [0, 0.1) is 5.92 Å². The van der Waals surface area contributed by atoms with E-state index >= 15 is 0 Å². The fourth-order valence-electron chi connectivity index (χ4n) is 6.14. The molecule has 1 saturated heterocycles. The molecule has 7 rings (SSSR count). The fourth-order valence-corrected chi connectivity index (χ4v) is 6.14. The van der Waals surface area contributed by atoms with Crippen LogP contribution in [0.1, 0.15) is 58.7 Å². The predicted octanol–water partition coefficient (Wildman–Crippen LogP) is 6.21. The monoisotopic (exact) mass is 702 g/mol. The average Bonchev–Trinajstić information content (AvgIpc) is 3.63. The third-order valence-corrected chi connectivity index (χ3v) is 8.67. The van der Waals surface area contributed by atoms with Crippen LogP contribution >= 0.6 is 0 Å². The van der Waals surface area contributed by atoms with E-state index in [0.717, 1.165) is 22.0 Å². The van der Waals surface area contributed by atoms with Gasteiger partial charge in [0, 0.05) is 37.1 Å². The number of carbonyl (C=O) groups is 4. The minimum Gasteiger partial charge on any atom is -0.490 e. The van der Waals surface area contributed by atoms with Crippen molar-refractivity contribution in [2.24, 2.45) is 5.92 Å². The summed E-state index contributed by atoms with van der Waals surface area (Å²) in [5.41, 5.74) is 1.99. The summed E-state index contributed by atoms with van der Waals surface area (Å²) in [5.74, 6) is -1.55. The molecule has 0 bridgehead atoms. The first-order valence-electron chi connectivity index (χ1n) is 17.1. The summed E-state index contributed by atoms with van der Waals surface area (Å²) in [6.07, 6.45) is -0.718. The van der Waals surface area contributed by atoms with E-state index in [1.54, 1.807) is 35.2 Å². The van der Waals surface area contributed by atoms with Crippen molar-refractivity contribution < 1.29 is 38.2 Å². The molecule has 5 aromatic rings. The molecular formula is C40H38N4O8. The number of hydrogen-bond donors (Lipinski definition) is 0. The van der Waals surface area contributed by atoms with Gasteiger partial charge in [0.05, 0.1) is 16.6 Å². The van der Waals surface area contributed by atoms with Gasteiger partial charge in [-0.05, 0) is 62.2 Å². The van der Waals surface area contributed by atoms with Crippen LogP contribution in [0.15, 0.2) is 109 Å². The van der Waals surface area contributed by atoms with Crippen molar-refractivity contribution in [3.63, 3.8) is 0 Å². The van der Waals surface area contributed by atoms with E-state index in [0.29, 0.717) is 30.4 Å². The number of imide groups is 1. The second-order valence-corrected chi connectivity index (χ2v) is 13.8. The summed E-state index contributed by atoms with van der Waals surface area (Å²) in [6, 6.07) is 30.2. The number of rotatable bonds is 11. The third-order valence-electron chi connectivity index (χ3n) is 8.67. The Balaban J connectivity index is 1.07. The van der Waals surface area contributed by atoms with Crippen molar-refractivity contribution in [1.29, 1.82) is 0 Å². The molecule has 0 spiro atoms. The molecule has 1 fully saturated rings.